The van der Waals surface area contributed by atoms with Crippen LogP contribution >= 0.6 is 0 Å². The Kier molecular flexibility index (Phi) is 11.0. The first-order valence-electron chi connectivity index (χ1n) is 2.70. The minimum Gasteiger partial charge on any atom is -0.394 e. The summed E-state index contributed by atoms with van der Waals surface area (Å²) in [6.07, 6.45) is -0.878. The third-order valence-electron chi connectivity index (χ3n) is 0.768. The Balaban J connectivity index is 0. The van der Waals surface area contributed by atoms with E-state index in [1.165, 1.54) is 7.11 Å². The number of aliphatic hydroxyl groups excluding tert-OH is 2. The van der Waals surface area contributed by atoms with Crippen molar-refractivity contribution in [2.24, 2.45) is 0 Å². The van der Waals surface area contributed by atoms with Gasteiger partial charge in [0.2, 0.25) is 0 Å². The van der Waals surface area contributed by atoms with E-state index in [1.807, 2.05) is 0 Å². The summed E-state index contributed by atoms with van der Waals surface area (Å²) >= 11 is 0. The second kappa shape index (κ2) is 8.80. The van der Waals surface area contributed by atoms with Gasteiger partial charge >= 0.3 is 0 Å². The van der Waals surface area contributed by atoms with Gasteiger partial charge in [0.25, 0.3) is 0 Å². The van der Waals surface area contributed by atoms with Crippen molar-refractivity contribution in [2.45, 2.75) is 6.29 Å². The van der Waals surface area contributed by atoms with Crippen molar-refractivity contribution in [3.05, 3.63) is 0 Å². The molecule has 0 aliphatic carbocycles. The van der Waals surface area contributed by atoms with Crippen molar-refractivity contribution >= 4 is 0 Å². The molecule has 0 rings (SSSR count). The second-order valence-electron chi connectivity index (χ2n) is 1.49. The maximum atomic E-state index is 8.66. The maximum Gasteiger partial charge on any atom is 0.177 e. The maximum absolute atomic E-state index is 8.66. The lowest BCUT2D eigenvalue weighted by Gasteiger charge is -2.06. The molecule has 0 amide bonds. The normalized spacial score (nSPS) is 12.3. The van der Waals surface area contributed by atoms with E-state index in [0.717, 1.165) is 0 Å². The monoisotopic (exact) mass is 153 g/mol. The molecule has 0 aliphatic rings. The number of methoxy groups -OCH3 is 1. The van der Waals surface area contributed by atoms with E-state index in [1.54, 1.807) is 0 Å². The molecule has 0 aliphatic heterocycles. The van der Waals surface area contributed by atoms with Gasteiger partial charge in [0.15, 0.2) is 6.29 Å². The second-order valence-corrected chi connectivity index (χ2v) is 1.49. The summed E-state index contributed by atoms with van der Waals surface area (Å²) in [5.41, 5.74) is 0. The molecule has 0 radical (unpaired) electrons. The Labute approximate surface area is 60.2 Å². The molecule has 0 aromatic rings. The molecule has 0 fully saturated rings. The summed E-state index contributed by atoms with van der Waals surface area (Å²) in [5, 5.41) is 16.9. The van der Waals surface area contributed by atoms with E-state index in [0.29, 0.717) is 0 Å². The van der Waals surface area contributed by atoms with Crippen LogP contribution in [0.15, 0.2) is 0 Å². The van der Waals surface area contributed by atoms with Crippen LogP contribution in [0.1, 0.15) is 0 Å². The average molecular weight is 153 g/mol. The largest absolute Gasteiger partial charge is 0.394 e. The van der Waals surface area contributed by atoms with E-state index in [-0.39, 0.29) is 26.0 Å². The number of ether oxygens (including phenoxy) is 2. The zero-order valence-corrected chi connectivity index (χ0v) is 6.12. The number of aliphatic hydroxyl groups is 2. The molecule has 0 bridgehead atoms. The zero-order chi connectivity index (χ0) is 7.11. The van der Waals surface area contributed by atoms with Gasteiger partial charge in [-0.1, -0.05) is 0 Å². The molecular weight excluding hydrogens is 138 g/mol. The van der Waals surface area contributed by atoms with E-state index in [4.69, 9.17) is 14.9 Å². The highest BCUT2D eigenvalue weighted by Crippen LogP contribution is 1.83. The van der Waals surface area contributed by atoms with Crippen LogP contribution in [0.5, 0.6) is 0 Å². The Morgan fingerprint density at radius 2 is 2.10 bits per heavy atom. The van der Waals surface area contributed by atoms with Crippen LogP contribution < -0.4 is 6.15 Å². The fraction of sp³-hybridized carbons (Fsp3) is 1.00. The highest BCUT2D eigenvalue weighted by Gasteiger charge is 1.98. The summed E-state index contributed by atoms with van der Waals surface area (Å²) in [4.78, 5) is 0. The lowest BCUT2D eigenvalue weighted by Crippen LogP contribution is -2.18. The lowest BCUT2D eigenvalue weighted by atomic mass is 10.7. The van der Waals surface area contributed by atoms with E-state index >= 15 is 0 Å². The molecule has 5 heteroatoms. The molecule has 5 N–H and O–H groups in total. The molecule has 0 saturated carbocycles. The van der Waals surface area contributed by atoms with Gasteiger partial charge in [-0.05, 0) is 0 Å². The molecule has 10 heavy (non-hydrogen) atoms. The third kappa shape index (κ3) is 7.80. The van der Waals surface area contributed by atoms with Crippen LogP contribution in [0.2, 0.25) is 0 Å². The van der Waals surface area contributed by atoms with Crippen molar-refractivity contribution in [1.29, 1.82) is 0 Å². The highest BCUT2D eigenvalue weighted by molar-refractivity contribution is 4.33. The topological polar surface area (TPSA) is 93.9 Å². The minimum atomic E-state index is -0.878. The smallest absolute Gasteiger partial charge is 0.177 e. The molecule has 0 saturated heterocycles. The molecule has 0 heterocycles. The van der Waals surface area contributed by atoms with Crippen molar-refractivity contribution in [1.82, 2.24) is 6.15 Å². The number of hydrogen-bond donors (Lipinski definition) is 3. The van der Waals surface area contributed by atoms with Gasteiger partial charge in [0.05, 0.1) is 19.8 Å². The molecule has 0 aromatic heterocycles. The zero-order valence-electron chi connectivity index (χ0n) is 6.12. The summed E-state index contributed by atoms with van der Waals surface area (Å²) in [6, 6.07) is 0. The van der Waals surface area contributed by atoms with Gasteiger partial charge in [-0.2, -0.15) is 0 Å². The van der Waals surface area contributed by atoms with Gasteiger partial charge in [-0.15, -0.1) is 0 Å². The molecule has 0 aromatic carbocycles. The Bertz CT molecular complexity index is 61.6. The fourth-order valence-corrected chi connectivity index (χ4v) is 0.317. The average Bonchev–Trinajstić information content (AvgIpc) is 1.89. The third-order valence-corrected chi connectivity index (χ3v) is 0.768. The predicted molar refractivity (Wildman–Crippen MR) is 35.9 cm³/mol. The quantitative estimate of drug-likeness (QED) is 0.352. The van der Waals surface area contributed by atoms with Crippen molar-refractivity contribution in [3.63, 3.8) is 0 Å². The van der Waals surface area contributed by atoms with Crippen molar-refractivity contribution in [3.8, 4) is 0 Å². The van der Waals surface area contributed by atoms with Crippen LogP contribution in [-0.4, -0.2) is 43.4 Å². The first kappa shape index (κ1) is 12.5. The van der Waals surface area contributed by atoms with Crippen LogP contribution in [0, 0.1) is 0 Å². The highest BCUT2D eigenvalue weighted by atomic mass is 16.6. The summed E-state index contributed by atoms with van der Waals surface area (Å²) in [5.74, 6) is 0. The predicted octanol–water partition coefficient (Wildman–Crippen LogP) is -0.878. The van der Waals surface area contributed by atoms with Crippen LogP contribution in [-0.2, 0) is 9.47 Å². The molecule has 1 unspecified atom stereocenters. The van der Waals surface area contributed by atoms with E-state index < -0.39 is 6.29 Å². The first-order valence-corrected chi connectivity index (χ1v) is 2.70. The molecule has 5 nitrogen and oxygen atoms in total. The Morgan fingerprint density at radius 1 is 1.50 bits per heavy atom. The van der Waals surface area contributed by atoms with Gasteiger partial charge in [-0.25, -0.2) is 0 Å². The molecule has 64 valence electrons. The standard InChI is InChI=1S/C5H12O4.H3N/c1-8-5(7)4-9-3-2-6;/h5-7H,2-4H2,1H3;1H3. The van der Waals surface area contributed by atoms with Gasteiger partial charge in [0.1, 0.15) is 0 Å². The molecule has 0 spiro atoms. The van der Waals surface area contributed by atoms with Crippen LogP contribution in [0.3, 0.4) is 0 Å². The van der Waals surface area contributed by atoms with Crippen molar-refractivity contribution in [2.75, 3.05) is 26.9 Å². The summed E-state index contributed by atoms with van der Waals surface area (Å²) in [6.45, 7) is 0.313. The van der Waals surface area contributed by atoms with Crippen molar-refractivity contribution < 1.29 is 19.7 Å². The molecular formula is C5H15NO4. The van der Waals surface area contributed by atoms with Crippen LogP contribution in [0.4, 0.5) is 0 Å². The van der Waals surface area contributed by atoms with Gasteiger partial charge in [0, 0.05) is 7.11 Å². The molecule has 1 atom stereocenters. The lowest BCUT2D eigenvalue weighted by molar-refractivity contribution is -0.121. The van der Waals surface area contributed by atoms with Crippen LogP contribution in [0.25, 0.3) is 0 Å². The van der Waals surface area contributed by atoms with Gasteiger partial charge in [-0.3, -0.25) is 0 Å². The fourth-order valence-electron chi connectivity index (χ4n) is 0.317. The first-order chi connectivity index (χ1) is 4.31. The van der Waals surface area contributed by atoms with E-state index in [9.17, 15) is 0 Å². The SMILES string of the molecule is COC(O)COCCO.N. The number of rotatable bonds is 5. The van der Waals surface area contributed by atoms with E-state index in [2.05, 4.69) is 4.74 Å². The Morgan fingerprint density at radius 3 is 2.50 bits per heavy atom. The van der Waals surface area contributed by atoms with Gasteiger partial charge < -0.3 is 25.8 Å². The number of hydrogen-bond acceptors (Lipinski definition) is 5. The summed E-state index contributed by atoms with van der Waals surface area (Å²) in [7, 11) is 1.38. The minimum absolute atomic E-state index is 0. The Hall–Kier alpha value is -0.200. The summed E-state index contributed by atoms with van der Waals surface area (Å²) < 4.78 is 9.16.